The standard InChI is InChI=1S/C24H25F4N3/c1-15-6-7-17-12-18(25)13-21-23(17)31(15)22(29-21)14-30-10-8-16(9-11-30)19-4-2-3-5-20(19)24(26,27)28/h2-5,12-13,15-16H,6-11,14H2,1H3. The van der Waals surface area contributed by atoms with Crippen molar-refractivity contribution in [2.24, 2.45) is 0 Å². The fourth-order valence-electron chi connectivity index (χ4n) is 5.31. The molecule has 0 amide bonds. The lowest BCUT2D eigenvalue weighted by Crippen LogP contribution is -2.34. The molecule has 0 radical (unpaired) electrons. The Morgan fingerprint density at radius 2 is 1.81 bits per heavy atom. The number of piperidine rings is 1. The lowest BCUT2D eigenvalue weighted by molar-refractivity contribution is -0.138. The molecule has 5 rings (SSSR count). The molecule has 0 saturated carbocycles. The Bertz CT molecular complexity index is 1110. The Morgan fingerprint density at radius 3 is 2.55 bits per heavy atom. The Morgan fingerprint density at radius 1 is 1.06 bits per heavy atom. The number of hydrogen-bond donors (Lipinski definition) is 0. The van der Waals surface area contributed by atoms with Crippen molar-refractivity contribution >= 4 is 11.0 Å². The summed E-state index contributed by atoms with van der Waals surface area (Å²) in [4.78, 5) is 7.00. The molecule has 0 aliphatic carbocycles. The second-order valence-electron chi connectivity index (χ2n) is 8.85. The van der Waals surface area contributed by atoms with Gasteiger partial charge in [-0.3, -0.25) is 4.90 Å². The van der Waals surface area contributed by atoms with Gasteiger partial charge in [-0.2, -0.15) is 13.2 Å². The van der Waals surface area contributed by atoms with Crippen LogP contribution in [0.2, 0.25) is 0 Å². The van der Waals surface area contributed by atoms with Crippen molar-refractivity contribution in [3.8, 4) is 0 Å². The van der Waals surface area contributed by atoms with Crippen LogP contribution in [0.4, 0.5) is 17.6 Å². The molecule has 7 heteroatoms. The van der Waals surface area contributed by atoms with E-state index in [-0.39, 0.29) is 11.7 Å². The number of imidazole rings is 1. The summed E-state index contributed by atoms with van der Waals surface area (Å²) in [5, 5.41) is 0. The first kappa shape index (κ1) is 20.5. The van der Waals surface area contributed by atoms with Gasteiger partial charge in [-0.1, -0.05) is 18.2 Å². The summed E-state index contributed by atoms with van der Waals surface area (Å²) < 4.78 is 56.4. The Hall–Kier alpha value is -2.41. The van der Waals surface area contributed by atoms with Crippen LogP contribution in [-0.2, 0) is 19.1 Å². The van der Waals surface area contributed by atoms with Gasteiger partial charge in [0.05, 0.1) is 23.1 Å². The van der Waals surface area contributed by atoms with Gasteiger partial charge in [-0.15, -0.1) is 0 Å². The van der Waals surface area contributed by atoms with E-state index in [0.717, 1.165) is 42.8 Å². The Kier molecular flexibility index (Phi) is 5.04. The number of nitrogens with zero attached hydrogens (tertiary/aromatic N) is 3. The minimum atomic E-state index is -4.32. The van der Waals surface area contributed by atoms with Crippen LogP contribution in [0.15, 0.2) is 36.4 Å². The van der Waals surface area contributed by atoms with Crippen LogP contribution in [-0.4, -0.2) is 27.5 Å². The minimum absolute atomic E-state index is 0.0913. The minimum Gasteiger partial charge on any atom is -0.324 e. The van der Waals surface area contributed by atoms with Gasteiger partial charge in [0, 0.05) is 12.1 Å². The van der Waals surface area contributed by atoms with Crippen LogP contribution in [0.3, 0.4) is 0 Å². The highest BCUT2D eigenvalue weighted by Gasteiger charge is 2.36. The number of aromatic nitrogens is 2. The zero-order chi connectivity index (χ0) is 21.8. The number of alkyl halides is 3. The summed E-state index contributed by atoms with van der Waals surface area (Å²) >= 11 is 0. The normalized spacial score (nSPS) is 20.5. The molecule has 3 nitrogen and oxygen atoms in total. The highest BCUT2D eigenvalue weighted by Crippen LogP contribution is 2.39. The first-order chi connectivity index (χ1) is 14.8. The highest BCUT2D eigenvalue weighted by atomic mass is 19.4. The lowest BCUT2D eigenvalue weighted by atomic mass is 9.86. The summed E-state index contributed by atoms with van der Waals surface area (Å²) in [5.41, 5.74) is 2.63. The number of aryl methyl sites for hydroxylation is 1. The molecule has 1 unspecified atom stereocenters. The SMILES string of the molecule is CC1CCc2cc(F)cc3nc(CN4CCC(c5ccccc5C(F)(F)F)CC4)n1c23. The van der Waals surface area contributed by atoms with Crippen molar-refractivity contribution in [3.63, 3.8) is 0 Å². The maximum Gasteiger partial charge on any atom is 0.416 e. The molecule has 0 bridgehead atoms. The largest absolute Gasteiger partial charge is 0.416 e. The van der Waals surface area contributed by atoms with Crippen LogP contribution < -0.4 is 0 Å². The van der Waals surface area contributed by atoms with E-state index in [0.29, 0.717) is 36.5 Å². The van der Waals surface area contributed by atoms with Gasteiger partial charge in [0.1, 0.15) is 11.6 Å². The molecule has 0 spiro atoms. The Labute approximate surface area is 178 Å². The molecule has 1 saturated heterocycles. The third kappa shape index (κ3) is 3.73. The maximum atomic E-state index is 14.0. The Balaban J connectivity index is 1.35. The third-order valence-corrected chi connectivity index (χ3v) is 6.83. The van der Waals surface area contributed by atoms with Crippen molar-refractivity contribution in [3.05, 3.63) is 64.7 Å². The van der Waals surface area contributed by atoms with Crippen molar-refractivity contribution in [2.75, 3.05) is 13.1 Å². The molecule has 1 atom stereocenters. The monoisotopic (exact) mass is 431 g/mol. The summed E-state index contributed by atoms with van der Waals surface area (Å²) in [7, 11) is 0. The van der Waals surface area contributed by atoms with Crippen molar-refractivity contribution < 1.29 is 17.6 Å². The second kappa shape index (κ2) is 7.62. The molecule has 3 heterocycles. The average molecular weight is 431 g/mol. The van der Waals surface area contributed by atoms with Crippen molar-refractivity contribution in [1.29, 1.82) is 0 Å². The molecular weight excluding hydrogens is 406 g/mol. The second-order valence-corrected chi connectivity index (χ2v) is 8.85. The average Bonchev–Trinajstić information content (AvgIpc) is 3.09. The lowest BCUT2D eigenvalue weighted by Gasteiger charge is -2.33. The topological polar surface area (TPSA) is 21.1 Å². The van der Waals surface area contributed by atoms with E-state index in [2.05, 4.69) is 16.4 Å². The molecule has 2 aliphatic rings. The van der Waals surface area contributed by atoms with Crippen LogP contribution in [0, 0.1) is 5.82 Å². The van der Waals surface area contributed by atoms with E-state index in [9.17, 15) is 17.6 Å². The van der Waals surface area contributed by atoms with Crippen LogP contribution >= 0.6 is 0 Å². The first-order valence-corrected chi connectivity index (χ1v) is 10.9. The molecule has 2 aliphatic heterocycles. The van der Waals surface area contributed by atoms with Gasteiger partial charge in [-0.05, 0) is 74.9 Å². The molecule has 1 fully saturated rings. The van der Waals surface area contributed by atoms with Crippen molar-refractivity contribution in [1.82, 2.24) is 14.5 Å². The van der Waals surface area contributed by atoms with E-state index in [1.54, 1.807) is 18.2 Å². The number of benzene rings is 2. The molecular formula is C24H25F4N3. The molecule has 3 aromatic rings. The molecule has 31 heavy (non-hydrogen) atoms. The quantitative estimate of drug-likeness (QED) is 0.469. The summed E-state index contributed by atoms with van der Waals surface area (Å²) in [5.74, 6) is 0.576. The number of likely N-dealkylation sites (tertiary alicyclic amines) is 1. The van der Waals surface area contributed by atoms with Gasteiger partial charge in [-0.25, -0.2) is 9.37 Å². The summed E-state index contributed by atoms with van der Waals surface area (Å²) in [6, 6.07) is 9.35. The van der Waals surface area contributed by atoms with Crippen LogP contribution in [0.1, 0.15) is 60.7 Å². The number of hydrogen-bond acceptors (Lipinski definition) is 2. The zero-order valence-corrected chi connectivity index (χ0v) is 17.4. The van der Waals surface area contributed by atoms with Crippen LogP contribution in [0.5, 0.6) is 0 Å². The predicted molar refractivity (Wildman–Crippen MR) is 111 cm³/mol. The predicted octanol–water partition coefficient (Wildman–Crippen LogP) is 6.08. The van der Waals surface area contributed by atoms with Crippen LogP contribution in [0.25, 0.3) is 11.0 Å². The molecule has 164 valence electrons. The van der Waals surface area contributed by atoms with Gasteiger partial charge >= 0.3 is 6.18 Å². The summed E-state index contributed by atoms with van der Waals surface area (Å²) in [6.07, 6.45) is -1.16. The van der Waals surface area contributed by atoms with Gasteiger partial charge < -0.3 is 4.57 Å². The highest BCUT2D eigenvalue weighted by molar-refractivity contribution is 5.80. The van der Waals surface area contributed by atoms with E-state index in [1.165, 1.54) is 18.2 Å². The zero-order valence-electron chi connectivity index (χ0n) is 17.4. The number of halogens is 4. The molecule has 0 N–H and O–H groups in total. The van der Waals surface area contributed by atoms with E-state index in [1.807, 2.05) is 0 Å². The first-order valence-electron chi connectivity index (χ1n) is 10.9. The van der Waals surface area contributed by atoms with E-state index in [4.69, 9.17) is 4.98 Å². The number of rotatable bonds is 3. The smallest absolute Gasteiger partial charge is 0.324 e. The fraction of sp³-hybridized carbons (Fsp3) is 0.458. The fourth-order valence-corrected chi connectivity index (χ4v) is 5.31. The van der Waals surface area contributed by atoms with Crippen molar-refractivity contribution in [2.45, 2.75) is 57.3 Å². The molecule has 2 aromatic carbocycles. The molecule has 1 aromatic heterocycles. The van der Waals surface area contributed by atoms with Gasteiger partial charge in [0.25, 0.3) is 0 Å². The van der Waals surface area contributed by atoms with E-state index < -0.39 is 11.7 Å². The maximum absolute atomic E-state index is 14.0. The van der Waals surface area contributed by atoms with E-state index >= 15 is 0 Å². The third-order valence-electron chi connectivity index (χ3n) is 6.83. The van der Waals surface area contributed by atoms with Gasteiger partial charge in [0.2, 0.25) is 0 Å². The summed E-state index contributed by atoms with van der Waals surface area (Å²) in [6.45, 7) is 4.23. The van der Waals surface area contributed by atoms with Gasteiger partial charge in [0.15, 0.2) is 0 Å².